The van der Waals surface area contributed by atoms with Gasteiger partial charge in [0.1, 0.15) is 12.4 Å². The first-order chi connectivity index (χ1) is 12.7. The quantitative estimate of drug-likeness (QED) is 0.888. The molecule has 0 radical (unpaired) electrons. The van der Waals surface area contributed by atoms with E-state index >= 15 is 0 Å². The first-order valence-electron chi connectivity index (χ1n) is 8.70. The predicted octanol–water partition coefficient (Wildman–Crippen LogP) is 3.09. The van der Waals surface area contributed by atoms with Crippen LogP contribution in [-0.2, 0) is 13.1 Å². The molecule has 26 heavy (non-hydrogen) atoms. The van der Waals surface area contributed by atoms with Crippen molar-refractivity contribution in [3.05, 3.63) is 59.2 Å². The van der Waals surface area contributed by atoms with Crippen LogP contribution in [0.1, 0.15) is 23.6 Å². The van der Waals surface area contributed by atoms with Crippen molar-refractivity contribution in [3.63, 3.8) is 0 Å². The first-order valence-corrected chi connectivity index (χ1v) is 8.70. The topological polar surface area (TPSA) is 77.4 Å². The summed E-state index contributed by atoms with van der Waals surface area (Å²) in [5.74, 6) is 0.836. The van der Waals surface area contributed by atoms with Gasteiger partial charge in [-0.2, -0.15) is 5.26 Å². The van der Waals surface area contributed by atoms with Gasteiger partial charge >= 0.3 is 6.03 Å². The molecule has 0 bridgehead atoms. The molecule has 0 unspecified atom stereocenters. The van der Waals surface area contributed by atoms with Crippen LogP contribution in [0, 0.1) is 11.3 Å². The van der Waals surface area contributed by atoms with E-state index in [1.54, 1.807) is 0 Å². The van der Waals surface area contributed by atoms with E-state index in [0.29, 0.717) is 31.8 Å². The van der Waals surface area contributed by atoms with Gasteiger partial charge in [0.25, 0.3) is 0 Å². The number of urea groups is 1. The lowest BCUT2D eigenvalue weighted by Crippen LogP contribution is -2.28. The summed E-state index contributed by atoms with van der Waals surface area (Å²) in [6.45, 7) is 5.19. The van der Waals surface area contributed by atoms with Gasteiger partial charge in [0.15, 0.2) is 0 Å². The monoisotopic (exact) mass is 350 g/mol. The zero-order chi connectivity index (χ0) is 18.4. The standard InChI is InChI=1S/C20H22N4O2/c1-2-22-20(25)23-18-7-8-19-17(11-18)14-24(9-10-26-19)13-16-6-4-3-5-15(16)12-21/h3-8,11H,2,9-10,13-14H2,1H3,(H2,22,23,25). The van der Waals surface area contributed by atoms with Gasteiger partial charge in [0.05, 0.1) is 11.6 Å². The minimum absolute atomic E-state index is 0.221. The van der Waals surface area contributed by atoms with Crippen LogP contribution in [0.3, 0.4) is 0 Å². The van der Waals surface area contributed by atoms with Crippen LogP contribution >= 0.6 is 0 Å². The third-order valence-electron chi connectivity index (χ3n) is 4.25. The smallest absolute Gasteiger partial charge is 0.319 e. The van der Waals surface area contributed by atoms with Crippen molar-refractivity contribution in [3.8, 4) is 11.8 Å². The average Bonchev–Trinajstić information content (AvgIpc) is 2.83. The van der Waals surface area contributed by atoms with Crippen molar-refractivity contribution in [2.24, 2.45) is 0 Å². The van der Waals surface area contributed by atoms with Gasteiger partial charge in [-0.05, 0) is 36.8 Å². The fourth-order valence-electron chi connectivity index (χ4n) is 3.01. The molecule has 134 valence electrons. The Morgan fingerprint density at radius 1 is 1.31 bits per heavy atom. The molecule has 0 saturated carbocycles. The van der Waals surface area contributed by atoms with Crippen LogP contribution in [-0.4, -0.2) is 30.6 Å². The summed E-state index contributed by atoms with van der Waals surface area (Å²) in [6.07, 6.45) is 0. The van der Waals surface area contributed by atoms with E-state index in [4.69, 9.17) is 4.74 Å². The first kappa shape index (κ1) is 17.8. The highest BCUT2D eigenvalue weighted by atomic mass is 16.5. The fourth-order valence-corrected chi connectivity index (χ4v) is 3.01. The third kappa shape index (κ3) is 4.32. The molecular formula is C20H22N4O2. The summed E-state index contributed by atoms with van der Waals surface area (Å²) >= 11 is 0. The van der Waals surface area contributed by atoms with Gasteiger partial charge in [-0.1, -0.05) is 18.2 Å². The van der Waals surface area contributed by atoms with Crippen molar-refractivity contribution in [1.29, 1.82) is 5.26 Å². The van der Waals surface area contributed by atoms with Crippen molar-refractivity contribution >= 4 is 11.7 Å². The molecule has 2 aromatic rings. The van der Waals surface area contributed by atoms with Gasteiger partial charge in [-0.25, -0.2) is 4.79 Å². The second kappa shape index (κ2) is 8.37. The van der Waals surface area contributed by atoms with Gasteiger partial charge in [0, 0.05) is 37.4 Å². The largest absolute Gasteiger partial charge is 0.492 e. The van der Waals surface area contributed by atoms with Crippen molar-refractivity contribution in [1.82, 2.24) is 10.2 Å². The summed E-state index contributed by atoms with van der Waals surface area (Å²) in [4.78, 5) is 14.0. The molecule has 0 spiro atoms. The Balaban J connectivity index is 1.76. The maximum absolute atomic E-state index is 11.7. The zero-order valence-corrected chi connectivity index (χ0v) is 14.8. The number of rotatable bonds is 4. The number of carbonyl (C=O) groups excluding carboxylic acids is 1. The molecule has 0 saturated heterocycles. The number of ether oxygens (including phenoxy) is 1. The lowest BCUT2D eigenvalue weighted by molar-refractivity contribution is 0.219. The minimum atomic E-state index is -0.221. The van der Waals surface area contributed by atoms with E-state index in [1.807, 2.05) is 49.4 Å². The Hall–Kier alpha value is -3.04. The molecule has 3 rings (SSSR count). The molecule has 6 heteroatoms. The second-order valence-electron chi connectivity index (χ2n) is 6.14. The zero-order valence-electron chi connectivity index (χ0n) is 14.8. The molecule has 1 heterocycles. The van der Waals surface area contributed by atoms with Crippen LogP contribution in [0.25, 0.3) is 0 Å². The van der Waals surface area contributed by atoms with Gasteiger partial charge in [-0.3, -0.25) is 4.90 Å². The minimum Gasteiger partial charge on any atom is -0.492 e. The fraction of sp³-hybridized carbons (Fsp3) is 0.300. The molecule has 1 aliphatic rings. The van der Waals surface area contributed by atoms with Gasteiger partial charge < -0.3 is 15.4 Å². The van der Waals surface area contributed by atoms with Crippen LogP contribution in [0.5, 0.6) is 5.75 Å². The van der Waals surface area contributed by atoms with Gasteiger partial charge in [-0.15, -0.1) is 0 Å². The number of anilines is 1. The molecule has 0 aromatic heterocycles. The van der Waals surface area contributed by atoms with Crippen LogP contribution in [0.15, 0.2) is 42.5 Å². The number of nitriles is 1. The number of carbonyl (C=O) groups is 1. The number of hydrogen-bond acceptors (Lipinski definition) is 4. The molecule has 0 atom stereocenters. The molecule has 1 aliphatic heterocycles. The van der Waals surface area contributed by atoms with Crippen LogP contribution in [0.2, 0.25) is 0 Å². The summed E-state index contributed by atoms with van der Waals surface area (Å²) in [5, 5.41) is 14.8. The highest BCUT2D eigenvalue weighted by Gasteiger charge is 2.17. The summed E-state index contributed by atoms with van der Waals surface area (Å²) in [6, 6.07) is 15.4. The number of nitrogens with zero attached hydrogens (tertiary/aromatic N) is 2. The van der Waals surface area contributed by atoms with E-state index in [0.717, 1.165) is 29.1 Å². The Bertz CT molecular complexity index is 829. The van der Waals surface area contributed by atoms with Crippen LogP contribution < -0.4 is 15.4 Å². The highest BCUT2D eigenvalue weighted by Crippen LogP contribution is 2.27. The van der Waals surface area contributed by atoms with E-state index in [-0.39, 0.29) is 6.03 Å². The maximum Gasteiger partial charge on any atom is 0.319 e. The molecule has 0 fully saturated rings. The van der Waals surface area contributed by atoms with E-state index in [2.05, 4.69) is 21.6 Å². The highest BCUT2D eigenvalue weighted by molar-refractivity contribution is 5.89. The Labute approximate surface area is 153 Å². The summed E-state index contributed by atoms with van der Waals surface area (Å²) in [5.41, 5.74) is 3.46. The number of amides is 2. The number of hydrogen-bond donors (Lipinski definition) is 2. The number of benzene rings is 2. The molecule has 6 nitrogen and oxygen atoms in total. The predicted molar refractivity (Wildman–Crippen MR) is 99.9 cm³/mol. The molecular weight excluding hydrogens is 328 g/mol. The Morgan fingerprint density at radius 3 is 2.96 bits per heavy atom. The van der Waals surface area contributed by atoms with Crippen molar-refractivity contribution in [2.75, 3.05) is 25.0 Å². The lowest BCUT2D eigenvalue weighted by Gasteiger charge is -2.20. The van der Waals surface area contributed by atoms with Crippen LogP contribution in [0.4, 0.5) is 10.5 Å². The van der Waals surface area contributed by atoms with E-state index < -0.39 is 0 Å². The summed E-state index contributed by atoms with van der Waals surface area (Å²) in [7, 11) is 0. The average molecular weight is 350 g/mol. The van der Waals surface area contributed by atoms with Crippen molar-refractivity contribution in [2.45, 2.75) is 20.0 Å². The number of fused-ring (bicyclic) bond motifs is 1. The van der Waals surface area contributed by atoms with Gasteiger partial charge in [0.2, 0.25) is 0 Å². The Kier molecular flexibility index (Phi) is 5.72. The van der Waals surface area contributed by atoms with E-state index in [1.165, 1.54) is 0 Å². The van der Waals surface area contributed by atoms with E-state index in [9.17, 15) is 10.1 Å². The molecule has 0 aliphatic carbocycles. The molecule has 2 aromatic carbocycles. The summed E-state index contributed by atoms with van der Waals surface area (Å²) < 4.78 is 5.85. The maximum atomic E-state index is 11.7. The normalized spacial score (nSPS) is 13.7. The van der Waals surface area contributed by atoms with Crippen molar-refractivity contribution < 1.29 is 9.53 Å². The molecule has 2 N–H and O–H groups in total. The Morgan fingerprint density at radius 2 is 2.15 bits per heavy atom. The third-order valence-corrected chi connectivity index (χ3v) is 4.25. The molecule has 2 amide bonds. The SMILES string of the molecule is CCNC(=O)Nc1ccc2c(c1)CN(Cc1ccccc1C#N)CCO2. The number of nitrogens with one attached hydrogen (secondary N) is 2. The second-order valence-corrected chi connectivity index (χ2v) is 6.14. The lowest BCUT2D eigenvalue weighted by atomic mass is 10.1.